The molecule has 0 bridgehead atoms. The fourth-order valence-electron chi connectivity index (χ4n) is 3.39. The van der Waals surface area contributed by atoms with E-state index >= 15 is 0 Å². The molecule has 0 heterocycles. The number of benzene rings is 2. The molecule has 6 heteroatoms. The lowest BCUT2D eigenvalue weighted by Crippen LogP contribution is -2.30. The minimum absolute atomic E-state index is 0.100. The smallest absolute Gasteiger partial charge is 0.202 e. The Labute approximate surface area is 178 Å². The van der Waals surface area contributed by atoms with Crippen molar-refractivity contribution in [3.05, 3.63) is 58.3 Å². The van der Waals surface area contributed by atoms with Crippen molar-refractivity contribution in [1.29, 1.82) is 0 Å². The SMILES string of the molecule is Cc1c(N)ccc(N=C2CC(=Nc3ccc(N)c(C)c3C)C(N(C)C)=CC2=O)c1C. The number of nitrogens with zero attached hydrogens (tertiary/aromatic N) is 3. The third kappa shape index (κ3) is 3.99. The Bertz CT molecular complexity index is 1120. The highest BCUT2D eigenvalue weighted by atomic mass is 16.1. The van der Waals surface area contributed by atoms with E-state index in [1.54, 1.807) is 6.08 Å². The summed E-state index contributed by atoms with van der Waals surface area (Å²) >= 11 is 0. The standard InChI is InChI=1S/C24H29N5O/c1-13-15(3)19(9-7-17(13)25)27-21-11-22(24(30)12-23(21)29(5)6)28-20-10-8-18(26)14(2)16(20)4/h7-10,12H,11,25-26H2,1-6H3. The van der Waals surface area contributed by atoms with Crippen LogP contribution in [0.25, 0.3) is 0 Å². The van der Waals surface area contributed by atoms with E-state index in [1.165, 1.54) is 0 Å². The third-order valence-corrected chi connectivity index (χ3v) is 5.78. The number of anilines is 2. The molecule has 0 aromatic heterocycles. The van der Waals surface area contributed by atoms with E-state index in [9.17, 15) is 4.79 Å². The molecule has 156 valence electrons. The highest BCUT2D eigenvalue weighted by molar-refractivity contribution is 6.51. The minimum atomic E-state index is -0.100. The molecule has 0 atom stereocenters. The molecule has 0 radical (unpaired) electrons. The molecular weight excluding hydrogens is 374 g/mol. The van der Waals surface area contributed by atoms with E-state index in [0.29, 0.717) is 12.1 Å². The molecule has 1 aliphatic carbocycles. The van der Waals surface area contributed by atoms with Gasteiger partial charge in [-0.15, -0.1) is 0 Å². The Hall–Kier alpha value is -3.41. The Morgan fingerprint density at radius 2 is 1.23 bits per heavy atom. The van der Waals surface area contributed by atoms with Crippen LogP contribution in [0.15, 0.2) is 46.0 Å². The van der Waals surface area contributed by atoms with E-state index in [2.05, 4.69) is 4.99 Å². The molecule has 3 rings (SSSR count). The molecule has 6 nitrogen and oxygen atoms in total. The van der Waals surface area contributed by atoms with Crippen LogP contribution >= 0.6 is 0 Å². The Morgan fingerprint density at radius 1 is 0.767 bits per heavy atom. The fraction of sp³-hybridized carbons (Fsp3) is 0.292. The van der Waals surface area contributed by atoms with Gasteiger partial charge in [0.25, 0.3) is 0 Å². The summed E-state index contributed by atoms with van der Waals surface area (Å²) < 4.78 is 0. The number of carbonyl (C=O) groups excluding carboxylic acids is 1. The van der Waals surface area contributed by atoms with E-state index in [4.69, 9.17) is 16.5 Å². The van der Waals surface area contributed by atoms with Crippen molar-refractivity contribution in [3.63, 3.8) is 0 Å². The van der Waals surface area contributed by atoms with Crippen molar-refractivity contribution in [2.75, 3.05) is 25.6 Å². The third-order valence-electron chi connectivity index (χ3n) is 5.78. The zero-order chi connectivity index (χ0) is 22.2. The van der Waals surface area contributed by atoms with Crippen molar-refractivity contribution in [1.82, 2.24) is 4.90 Å². The summed E-state index contributed by atoms with van der Waals surface area (Å²) in [5.41, 5.74) is 21.1. The molecule has 0 unspecified atom stereocenters. The second-order valence-electron chi connectivity index (χ2n) is 7.93. The monoisotopic (exact) mass is 403 g/mol. The summed E-state index contributed by atoms with van der Waals surface area (Å²) in [6, 6.07) is 7.46. The number of nitrogens with two attached hydrogens (primary N) is 2. The summed E-state index contributed by atoms with van der Waals surface area (Å²) in [5, 5.41) is 0. The largest absolute Gasteiger partial charge is 0.399 e. The second kappa shape index (κ2) is 8.14. The molecule has 2 aromatic rings. The van der Waals surface area contributed by atoms with Gasteiger partial charge in [0.2, 0.25) is 5.78 Å². The van der Waals surface area contributed by atoms with Gasteiger partial charge in [0, 0.05) is 38.0 Å². The molecular formula is C24H29N5O. The number of aliphatic imine (C=N–C) groups is 2. The number of allylic oxidation sites excluding steroid dienone is 2. The lowest BCUT2D eigenvalue weighted by molar-refractivity contribution is -0.109. The van der Waals surface area contributed by atoms with Crippen molar-refractivity contribution in [2.45, 2.75) is 34.1 Å². The van der Waals surface area contributed by atoms with Gasteiger partial charge < -0.3 is 16.4 Å². The summed E-state index contributed by atoms with van der Waals surface area (Å²) in [6.45, 7) is 7.92. The summed E-state index contributed by atoms with van der Waals surface area (Å²) in [4.78, 5) is 24.3. The molecule has 4 N–H and O–H groups in total. The van der Waals surface area contributed by atoms with Crippen molar-refractivity contribution in [3.8, 4) is 0 Å². The normalized spacial score (nSPS) is 16.9. The molecule has 0 aliphatic heterocycles. The van der Waals surface area contributed by atoms with Crippen LogP contribution in [0.2, 0.25) is 0 Å². The molecule has 2 aromatic carbocycles. The van der Waals surface area contributed by atoms with E-state index < -0.39 is 0 Å². The minimum Gasteiger partial charge on any atom is -0.399 e. The van der Waals surface area contributed by atoms with Gasteiger partial charge in [-0.3, -0.25) is 9.79 Å². The highest BCUT2D eigenvalue weighted by Crippen LogP contribution is 2.30. The number of rotatable bonds is 3. The first-order chi connectivity index (χ1) is 14.1. The van der Waals surface area contributed by atoms with Crippen LogP contribution in [0.4, 0.5) is 22.7 Å². The predicted molar refractivity (Wildman–Crippen MR) is 126 cm³/mol. The summed E-state index contributed by atoms with van der Waals surface area (Å²) in [6.07, 6.45) is 1.97. The first-order valence-electron chi connectivity index (χ1n) is 9.90. The van der Waals surface area contributed by atoms with Gasteiger partial charge in [0.1, 0.15) is 0 Å². The lowest BCUT2D eigenvalue weighted by atomic mass is 9.97. The Morgan fingerprint density at radius 3 is 1.70 bits per heavy atom. The molecule has 0 fully saturated rings. The molecule has 1 aliphatic rings. The molecule has 30 heavy (non-hydrogen) atoms. The molecule has 0 saturated heterocycles. The van der Waals surface area contributed by atoms with Gasteiger partial charge in [-0.2, -0.15) is 0 Å². The zero-order valence-corrected chi connectivity index (χ0v) is 18.5. The Kier molecular flexibility index (Phi) is 5.78. The molecule has 0 spiro atoms. The van der Waals surface area contributed by atoms with Crippen LogP contribution in [0.1, 0.15) is 28.7 Å². The summed E-state index contributed by atoms with van der Waals surface area (Å²) in [7, 11) is 3.82. The van der Waals surface area contributed by atoms with Gasteiger partial charge in [0.05, 0.1) is 28.5 Å². The quantitative estimate of drug-likeness (QED) is 0.745. The van der Waals surface area contributed by atoms with Gasteiger partial charge in [-0.25, -0.2) is 4.99 Å². The maximum Gasteiger partial charge on any atom is 0.202 e. The van der Waals surface area contributed by atoms with Gasteiger partial charge in [-0.1, -0.05) is 0 Å². The first kappa shape index (κ1) is 21.3. The van der Waals surface area contributed by atoms with Crippen LogP contribution in [-0.2, 0) is 4.79 Å². The molecule has 0 saturated carbocycles. The Balaban J connectivity index is 2.11. The van der Waals surface area contributed by atoms with Gasteiger partial charge in [-0.05, 0) is 74.2 Å². The van der Waals surface area contributed by atoms with Crippen LogP contribution in [0.5, 0.6) is 0 Å². The second-order valence-corrected chi connectivity index (χ2v) is 7.93. The van der Waals surface area contributed by atoms with E-state index in [1.807, 2.05) is 71.0 Å². The van der Waals surface area contributed by atoms with Crippen molar-refractivity contribution >= 4 is 40.0 Å². The fourth-order valence-corrected chi connectivity index (χ4v) is 3.39. The van der Waals surface area contributed by atoms with Crippen LogP contribution in [-0.4, -0.2) is 36.2 Å². The van der Waals surface area contributed by atoms with E-state index in [-0.39, 0.29) is 5.78 Å². The van der Waals surface area contributed by atoms with Gasteiger partial charge in [0.15, 0.2) is 0 Å². The number of hydrogen-bond donors (Lipinski definition) is 2. The zero-order valence-electron chi connectivity index (χ0n) is 18.5. The average Bonchev–Trinajstić information content (AvgIpc) is 2.70. The first-order valence-corrected chi connectivity index (χ1v) is 9.90. The number of hydrogen-bond acceptors (Lipinski definition) is 6. The van der Waals surface area contributed by atoms with E-state index in [0.717, 1.165) is 56.4 Å². The van der Waals surface area contributed by atoms with Crippen LogP contribution in [0.3, 0.4) is 0 Å². The summed E-state index contributed by atoms with van der Waals surface area (Å²) in [5.74, 6) is -0.100. The number of nitrogen functional groups attached to an aromatic ring is 2. The van der Waals surface area contributed by atoms with Crippen LogP contribution < -0.4 is 11.5 Å². The van der Waals surface area contributed by atoms with Gasteiger partial charge >= 0.3 is 0 Å². The van der Waals surface area contributed by atoms with Crippen LogP contribution in [0, 0.1) is 27.7 Å². The highest BCUT2D eigenvalue weighted by Gasteiger charge is 2.25. The lowest BCUT2D eigenvalue weighted by Gasteiger charge is -2.23. The maximum absolute atomic E-state index is 12.8. The molecule has 0 amide bonds. The number of ketones is 1. The predicted octanol–water partition coefficient (Wildman–Crippen LogP) is 4.35. The maximum atomic E-state index is 12.8. The topological polar surface area (TPSA) is 97.1 Å². The van der Waals surface area contributed by atoms with Crippen molar-refractivity contribution in [2.24, 2.45) is 9.98 Å². The average molecular weight is 404 g/mol. The number of carbonyl (C=O) groups is 1. The van der Waals surface area contributed by atoms with Crippen molar-refractivity contribution < 1.29 is 4.79 Å².